The number of aromatic nitrogens is 1. The molecule has 1 amide bonds. The molecule has 110 valence electrons. The lowest BCUT2D eigenvalue weighted by Gasteiger charge is -2.31. The Hall–Kier alpha value is -1.40. The van der Waals surface area contributed by atoms with Gasteiger partial charge in [-0.25, -0.2) is 4.98 Å². The number of likely N-dealkylation sites (tertiary alicyclic amines) is 1. The van der Waals surface area contributed by atoms with Gasteiger partial charge in [0.15, 0.2) is 0 Å². The zero-order valence-electron chi connectivity index (χ0n) is 11.3. The number of hydrogen-bond acceptors (Lipinski definition) is 4. The third-order valence-electron chi connectivity index (χ3n) is 3.78. The summed E-state index contributed by atoms with van der Waals surface area (Å²) in [5.41, 5.74) is 3.53. The van der Waals surface area contributed by atoms with Gasteiger partial charge in [0.2, 0.25) is 0 Å². The summed E-state index contributed by atoms with van der Waals surface area (Å²) >= 11 is 4.92. The van der Waals surface area contributed by atoms with Crippen molar-refractivity contribution < 1.29 is 9.90 Å². The highest BCUT2D eigenvalue weighted by Crippen LogP contribution is 2.29. The van der Waals surface area contributed by atoms with E-state index in [1.54, 1.807) is 23.5 Å². The molecule has 2 aromatic rings. The minimum atomic E-state index is -0.0247. The van der Waals surface area contributed by atoms with E-state index in [-0.39, 0.29) is 11.7 Å². The fraction of sp³-hybridized carbons (Fsp3) is 0.333. The van der Waals surface area contributed by atoms with Gasteiger partial charge in [-0.15, -0.1) is 11.3 Å². The van der Waals surface area contributed by atoms with Crippen molar-refractivity contribution in [2.75, 3.05) is 13.1 Å². The Balaban J connectivity index is 1.67. The molecule has 1 aromatic carbocycles. The molecular weight excluding hydrogens is 352 g/mol. The molecule has 21 heavy (non-hydrogen) atoms. The van der Waals surface area contributed by atoms with Crippen molar-refractivity contribution in [3.8, 4) is 5.75 Å². The lowest BCUT2D eigenvalue weighted by molar-refractivity contribution is 0.0711. The van der Waals surface area contributed by atoms with Crippen LogP contribution in [0.15, 0.2) is 33.6 Å². The Labute approximate surface area is 135 Å². The van der Waals surface area contributed by atoms with Gasteiger partial charge in [-0.3, -0.25) is 4.79 Å². The van der Waals surface area contributed by atoms with E-state index in [0.717, 1.165) is 31.6 Å². The highest BCUT2D eigenvalue weighted by molar-refractivity contribution is 9.10. The molecule has 2 heterocycles. The number of rotatable bonds is 2. The summed E-state index contributed by atoms with van der Waals surface area (Å²) in [7, 11) is 0. The van der Waals surface area contributed by atoms with Crippen LogP contribution < -0.4 is 0 Å². The number of carbonyl (C=O) groups is 1. The summed E-state index contributed by atoms with van der Waals surface area (Å²) in [5, 5.41) is 11.7. The lowest BCUT2D eigenvalue weighted by Crippen LogP contribution is -2.38. The van der Waals surface area contributed by atoms with E-state index in [1.807, 2.05) is 10.4 Å². The number of aromatic hydroxyl groups is 1. The summed E-state index contributed by atoms with van der Waals surface area (Å²) < 4.78 is 0.711. The molecule has 0 aliphatic carbocycles. The first-order valence-corrected chi connectivity index (χ1v) is 8.54. The minimum absolute atomic E-state index is 0.0247. The van der Waals surface area contributed by atoms with Gasteiger partial charge in [0.05, 0.1) is 11.2 Å². The van der Waals surface area contributed by atoms with Gasteiger partial charge in [0.25, 0.3) is 5.91 Å². The number of carbonyl (C=O) groups excluding carboxylic acids is 1. The van der Waals surface area contributed by atoms with Crippen LogP contribution in [0.5, 0.6) is 5.75 Å². The van der Waals surface area contributed by atoms with Crippen LogP contribution in [-0.2, 0) is 0 Å². The minimum Gasteiger partial charge on any atom is -0.508 e. The second-order valence-electron chi connectivity index (χ2n) is 5.18. The smallest absolute Gasteiger partial charge is 0.254 e. The first kappa shape index (κ1) is 14.5. The third-order valence-corrected chi connectivity index (χ3v) is 4.84. The molecule has 0 radical (unpaired) electrons. The number of amides is 1. The maximum atomic E-state index is 12.5. The molecule has 1 saturated heterocycles. The predicted octanol–water partition coefficient (Wildman–Crippen LogP) is 3.63. The second kappa shape index (κ2) is 6.15. The third kappa shape index (κ3) is 3.27. The van der Waals surface area contributed by atoms with Crippen LogP contribution in [0, 0.1) is 0 Å². The number of phenolic OH excluding ortho intramolecular Hbond substituents is 1. The Morgan fingerprint density at radius 1 is 1.33 bits per heavy atom. The molecule has 0 bridgehead atoms. The van der Waals surface area contributed by atoms with E-state index >= 15 is 0 Å². The summed E-state index contributed by atoms with van der Waals surface area (Å²) in [5.74, 6) is 0.532. The van der Waals surface area contributed by atoms with Crippen LogP contribution >= 0.6 is 27.3 Å². The number of benzene rings is 1. The number of thiazole rings is 1. The molecule has 0 unspecified atom stereocenters. The normalized spacial score (nSPS) is 16.1. The van der Waals surface area contributed by atoms with E-state index in [2.05, 4.69) is 26.3 Å². The van der Waals surface area contributed by atoms with Gasteiger partial charge < -0.3 is 10.0 Å². The van der Waals surface area contributed by atoms with Crippen LogP contribution in [0.2, 0.25) is 0 Å². The molecule has 3 rings (SSSR count). The van der Waals surface area contributed by atoms with E-state index in [1.165, 1.54) is 6.07 Å². The standard InChI is InChI=1S/C15H15BrN2O2S/c16-12-5-11(6-13(19)7-12)15(20)18-3-1-10(2-4-18)14-8-21-9-17-14/h5-10,19H,1-4H2. The van der Waals surface area contributed by atoms with Gasteiger partial charge in [-0.1, -0.05) is 15.9 Å². The highest BCUT2D eigenvalue weighted by Gasteiger charge is 2.25. The molecule has 1 aliphatic rings. The Kier molecular flexibility index (Phi) is 4.26. The average molecular weight is 367 g/mol. The van der Waals surface area contributed by atoms with Crippen molar-refractivity contribution in [3.05, 3.63) is 44.8 Å². The summed E-state index contributed by atoms with van der Waals surface area (Å²) in [4.78, 5) is 18.7. The van der Waals surface area contributed by atoms with Gasteiger partial charge >= 0.3 is 0 Å². The Morgan fingerprint density at radius 2 is 2.10 bits per heavy atom. The van der Waals surface area contributed by atoms with E-state index < -0.39 is 0 Å². The maximum absolute atomic E-state index is 12.5. The molecule has 1 aliphatic heterocycles. The molecular formula is C15H15BrN2O2S. The van der Waals surface area contributed by atoms with Crippen LogP contribution in [0.1, 0.15) is 34.8 Å². The Morgan fingerprint density at radius 3 is 2.71 bits per heavy atom. The average Bonchev–Trinajstić information content (AvgIpc) is 3.00. The molecule has 1 N–H and O–H groups in total. The molecule has 1 aromatic heterocycles. The topological polar surface area (TPSA) is 53.4 Å². The van der Waals surface area contributed by atoms with Crippen LogP contribution in [-0.4, -0.2) is 34.0 Å². The quantitative estimate of drug-likeness (QED) is 0.882. The van der Waals surface area contributed by atoms with Crippen molar-refractivity contribution >= 4 is 33.2 Å². The monoisotopic (exact) mass is 366 g/mol. The second-order valence-corrected chi connectivity index (χ2v) is 6.81. The van der Waals surface area contributed by atoms with Crippen LogP contribution in [0.4, 0.5) is 0 Å². The SMILES string of the molecule is O=C(c1cc(O)cc(Br)c1)N1CCC(c2cscn2)CC1. The number of nitrogens with zero attached hydrogens (tertiary/aromatic N) is 2. The fourth-order valence-corrected chi connectivity index (χ4v) is 3.80. The fourth-order valence-electron chi connectivity index (χ4n) is 2.68. The van der Waals surface area contributed by atoms with Crippen molar-refractivity contribution in [2.24, 2.45) is 0 Å². The number of phenols is 1. The first-order chi connectivity index (χ1) is 10.1. The largest absolute Gasteiger partial charge is 0.508 e. The van der Waals surface area contributed by atoms with Crippen molar-refractivity contribution in [1.82, 2.24) is 9.88 Å². The van der Waals surface area contributed by atoms with Gasteiger partial charge in [0, 0.05) is 34.4 Å². The first-order valence-electron chi connectivity index (χ1n) is 6.80. The van der Waals surface area contributed by atoms with Gasteiger partial charge in [0.1, 0.15) is 5.75 Å². The van der Waals surface area contributed by atoms with E-state index in [0.29, 0.717) is 16.0 Å². The zero-order valence-corrected chi connectivity index (χ0v) is 13.7. The number of piperidine rings is 1. The van der Waals surface area contributed by atoms with E-state index in [4.69, 9.17) is 0 Å². The maximum Gasteiger partial charge on any atom is 0.254 e. The van der Waals surface area contributed by atoms with E-state index in [9.17, 15) is 9.90 Å². The molecule has 0 saturated carbocycles. The molecule has 4 nitrogen and oxygen atoms in total. The highest BCUT2D eigenvalue weighted by atomic mass is 79.9. The molecule has 6 heteroatoms. The van der Waals surface area contributed by atoms with Crippen LogP contribution in [0.3, 0.4) is 0 Å². The molecule has 0 spiro atoms. The lowest BCUT2D eigenvalue weighted by atomic mass is 9.94. The number of hydrogen-bond donors (Lipinski definition) is 1. The number of halogens is 1. The Bertz CT molecular complexity index is 617. The predicted molar refractivity (Wildman–Crippen MR) is 85.8 cm³/mol. The van der Waals surface area contributed by atoms with Crippen LogP contribution in [0.25, 0.3) is 0 Å². The van der Waals surface area contributed by atoms with Crippen molar-refractivity contribution in [3.63, 3.8) is 0 Å². The van der Waals surface area contributed by atoms with Gasteiger partial charge in [-0.05, 0) is 31.0 Å². The van der Waals surface area contributed by atoms with Crippen molar-refractivity contribution in [1.29, 1.82) is 0 Å². The van der Waals surface area contributed by atoms with Crippen molar-refractivity contribution in [2.45, 2.75) is 18.8 Å². The summed E-state index contributed by atoms with van der Waals surface area (Å²) in [6.07, 6.45) is 1.88. The van der Waals surface area contributed by atoms with Gasteiger partial charge in [-0.2, -0.15) is 0 Å². The molecule has 0 atom stereocenters. The summed E-state index contributed by atoms with van der Waals surface area (Å²) in [6.45, 7) is 1.46. The molecule has 1 fully saturated rings. The zero-order chi connectivity index (χ0) is 14.8. The summed E-state index contributed by atoms with van der Waals surface area (Å²) in [6, 6.07) is 4.83.